The predicted octanol–water partition coefficient (Wildman–Crippen LogP) is 3.30. The van der Waals surface area contributed by atoms with Crippen molar-refractivity contribution in [1.82, 2.24) is 14.6 Å². The molecule has 2 aromatic heterocycles. The van der Waals surface area contributed by atoms with E-state index in [0.717, 1.165) is 71.4 Å². The summed E-state index contributed by atoms with van der Waals surface area (Å²) in [5, 5.41) is 13.2. The summed E-state index contributed by atoms with van der Waals surface area (Å²) in [6.07, 6.45) is 3.91. The second-order valence-corrected chi connectivity index (χ2v) is 9.19. The van der Waals surface area contributed by atoms with E-state index in [1.165, 1.54) is 5.01 Å². The quantitative estimate of drug-likeness (QED) is 0.430. The molecule has 7 heteroatoms. The van der Waals surface area contributed by atoms with Crippen molar-refractivity contribution in [3.63, 3.8) is 0 Å². The first-order valence-corrected chi connectivity index (χ1v) is 10.8. The lowest BCUT2D eigenvalue weighted by molar-refractivity contribution is 0.0619. The molecule has 1 saturated heterocycles. The molecule has 7 nitrogen and oxygen atoms in total. The number of pyridine rings is 1. The van der Waals surface area contributed by atoms with Crippen LogP contribution in [-0.4, -0.2) is 39.9 Å². The van der Waals surface area contributed by atoms with Crippen molar-refractivity contribution >= 4 is 27.6 Å². The van der Waals surface area contributed by atoms with Gasteiger partial charge < -0.3 is 25.2 Å². The zero-order chi connectivity index (χ0) is 22.3. The van der Waals surface area contributed by atoms with Gasteiger partial charge in [-0.1, -0.05) is 12.1 Å². The Bertz CT molecular complexity index is 1130. The highest BCUT2D eigenvalue weighted by Gasteiger charge is 2.22. The van der Waals surface area contributed by atoms with Gasteiger partial charge in [-0.05, 0) is 57.2 Å². The minimum absolute atomic E-state index is 0.533. The van der Waals surface area contributed by atoms with Gasteiger partial charge in [0.2, 0.25) is 0 Å². The molecule has 0 spiro atoms. The third kappa shape index (κ3) is 4.13. The molecule has 0 bridgehead atoms. The van der Waals surface area contributed by atoms with Crippen molar-refractivity contribution in [3.05, 3.63) is 47.3 Å². The Labute approximate surface area is 183 Å². The molecule has 0 aliphatic carbocycles. The van der Waals surface area contributed by atoms with E-state index < -0.39 is 5.60 Å². The molecule has 166 valence electrons. The summed E-state index contributed by atoms with van der Waals surface area (Å²) in [5.74, 6) is 6.60. The van der Waals surface area contributed by atoms with Crippen molar-refractivity contribution < 1.29 is 9.84 Å². The number of hydrogen-bond acceptors (Lipinski definition) is 6. The fraction of sp³-hybridized carbons (Fsp3) is 0.458. The van der Waals surface area contributed by atoms with Crippen molar-refractivity contribution in [1.29, 1.82) is 0 Å². The summed E-state index contributed by atoms with van der Waals surface area (Å²) in [4.78, 5) is 4.82. The second kappa shape index (κ2) is 8.15. The van der Waals surface area contributed by atoms with Gasteiger partial charge in [0.25, 0.3) is 0 Å². The lowest BCUT2D eigenvalue weighted by Gasteiger charge is -2.24. The number of fused-ring (bicyclic) bond motifs is 3. The molecule has 0 atom stereocenters. The fourth-order valence-corrected chi connectivity index (χ4v) is 4.55. The Morgan fingerprint density at radius 3 is 2.58 bits per heavy atom. The molecule has 1 aliphatic heterocycles. The molecule has 31 heavy (non-hydrogen) atoms. The van der Waals surface area contributed by atoms with Crippen LogP contribution in [0.2, 0.25) is 0 Å². The minimum atomic E-state index is -0.915. The van der Waals surface area contributed by atoms with E-state index in [2.05, 4.69) is 22.8 Å². The molecule has 1 fully saturated rings. The number of rotatable bonds is 5. The monoisotopic (exact) mass is 423 g/mol. The lowest BCUT2D eigenvalue weighted by atomic mass is 9.97. The summed E-state index contributed by atoms with van der Waals surface area (Å²) in [7, 11) is 1.78. The van der Waals surface area contributed by atoms with Crippen LogP contribution in [0.1, 0.15) is 44.7 Å². The largest absolute Gasteiger partial charge is 0.401 e. The summed E-state index contributed by atoms with van der Waals surface area (Å²) < 4.78 is 7.91. The molecule has 1 aromatic carbocycles. The van der Waals surface area contributed by atoms with Crippen molar-refractivity contribution in [3.8, 4) is 0 Å². The smallest absolute Gasteiger partial charge is 0.0960 e. The van der Waals surface area contributed by atoms with E-state index in [1.54, 1.807) is 7.05 Å². The van der Waals surface area contributed by atoms with Gasteiger partial charge in [-0.25, -0.2) is 5.84 Å². The fourth-order valence-electron chi connectivity index (χ4n) is 4.55. The summed E-state index contributed by atoms with van der Waals surface area (Å²) in [5.41, 5.74) is 11.5. The molecule has 0 saturated carbocycles. The van der Waals surface area contributed by atoms with Crippen LogP contribution in [0, 0.1) is 5.92 Å². The van der Waals surface area contributed by atoms with Crippen LogP contribution in [-0.2, 0) is 16.9 Å². The third-order valence-electron chi connectivity index (χ3n) is 6.19. The number of benzene rings is 1. The normalized spacial score (nSPS) is 16.7. The van der Waals surface area contributed by atoms with Gasteiger partial charge in [0, 0.05) is 49.6 Å². The number of allylic oxidation sites excluding steroid dienone is 1. The van der Waals surface area contributed by atoms with E-state index >= 15 is 0 Å². The second-order valence-electron chi connectivity index (χ2n) is 9.19. The lowest BCUT2D eigenvalue weighted by Crippen LogP contribution is -2.26. The number of ether oxygens (including phenoxy) is 1. The molecule has 0 radical (unpaired) electrons. The van der Waals surface area contributed by atoms with Gasteiger partial charge in [0.05, 0.1) is 27.8 Å². The zero-order valence-corrected chi connectivity index (χ0v) is 18.9. The average molecular weight is 424 g/mol. The van der Waals surface area contributed by atoms with Crippen LogP contribution in [0.15, 0.2) is 36.2 Å². The van der Waals surface area contributed by atoms with Crippen LogP contribution >= 0.6 is 0 Å². The van der Waals surface area contributed by atoms with Crippen LogP contribution in [0.4, 0.5) is 0 Å². The maximum absolute atomic E-state index is 10.6. The molecule has 3 heterocycles. The van der Waals surface area contributed by atoms with Gasteiger partial charge in [0.1, 0.15) is 0 Å². The van der Waals surface area contributed by atoms with Crippen LogP contribution in [0.3, 0.4) is 0 Å². The molecule has 0 amide bonds. The van der Waals surface area contributed by atoms with Crippen molar-refractivity contribution in [2.75, 3.05) is 20.3 Å². The molecule has 3 aromatic rings. The average Bonchev–Trinajstić information content (AvgIpc) is 3.00. The van der Waals surface area contributed by atoms with Crippen molar-refractivity contribution in [2.45, 2.75) is 45.8 Å². The highest BCUT2D eigenvalue weighted by Crippen LogP contribution is 2.34. The van der Waals surface area contributed by atoms with Gasteiger partial charge in [-0.15, -0.1) is 0 Å². The number of hydrogen-bond donors (Lipinski definition) is 3. The van der Waals surface area contributed by atoms with Crippen LogP contribution in [0.25, 0.3) is 27.6 Å². The van der Waals surface area contributed by atoms with Crippen molar-refractivity contribution in [2.24, 2.45) is 17.5 Å². The van der Waals surface area contributed by atoms with E-state index in [0.29, 0.717) is 11.6 Å². The van der Waals surface area contributed by atoms with Gasteiger partial charge in [-0.2, -0.15) is 0 Å². The molecule has 1 aliphatic rings. The summed E-state index contributed by atoms with van der Waals surface area (Å²) >= 11 is 0. The molecule has 4 rings (SSSR count). The van der Waals surface area contributed by atoms with Gasteiger partial charge >= 0.3 is 0 Å². The summed E-state index contributed by atoms with van der Waals surface area (Å²) in [6.45, 7) is 7.95. The van der Waals surface area contributed by atoms with E-state index in [1.807, 2.05) is 33.0 Å². The Morgan fingerprint density at radius 1 is 1.26 bits per heavy atom. The SMILES string of the molecule is C/C(N)=C(\c1cnc2c3ccc(C(C)(C)O)cc3n(CC3CCOCC3)c2c1)N(C)N. The van der Waals surface area contributed by atoms with Gasteiger partial charge in [-0.3, -0.25) is 4.98 Å². The molecular formula is C24H33N5O2. The Hall–Kier alpha value is -2.61. The molecule has 5 N–H and O–H groups in total. The number of nitrogens with zero attached hydrogens (tertiary/aromatic N) is 3. The first-order chi connectivity index (χ1) is 14.7. The summed E-state index contributed by atoms with van der Waals surface area (Å²) in [6, 6.07) is 8.27. The number of aliphatic hydroxyl groups is 1. The van der Waals surface area contributed by atoms with E-state index in [9.17, 15) is 5.11 Å². The first kappa shape index (κ1) is 21.6. The van der Waals surface area contributed by atoms with E-state index in [4.69, 9.17) is 21.3 Å². The Balaban J connectivity index is 1.95. The molecular weight excluding hydrogens is 390 g/mol. The van der Waals surface area contributed by atoms with Gasteiger partial charge in [0.15, 0.2) is 0 Å². The minimum Gasteiger partial charge on any atom is -0.401 e. The van der Waals surface area contributed by atoms with Crippen LogP contribution < -0.4 is 11.6 Å². The van der Waals surface area contributed by atoms with E-state index in [-0.39, 0.29) is 0 Å². The maximum atomic E-state index is 10.6. The first-order valence-electron chi connectivity index (χ1n) is 10.8. The standard InChI is InChI=1S/C24H33N5O2/c1-15(25)23(28(4)26)17-11-21-22(27-13-17)19-6-5-18(24(2,3)30)12-20(19)29(21)14-16-7-9-31-10-8-16/h5-6,11-13,16,30H,7-10,14,25-26H2,1-4H3/b23-15-. The van der Waals surface area contributed by atoms with Crippen LogP contribution in [0.5, 0.6) is 0 Å². The number of aromatic nitrogens is 2. The predicted molar refractivity (Wildman–Crippen MR) is 125 cm³/mol. The number of hydrazine groups is 1. The maximum Gasteiger partial charge on any atom is 0.0960 e. The Morgan fingerprint density at radius 2 is 1.97 bits per heavy atom. The third-order valence-corrected chi connectivity index (χ3v) is 6.19. The number of nitrogens with two attached hydrogens (primary N) is 2. The highest BCUT2D eigenvalue weighted by atomic mass is 16.5. The highest BCUT2D eigenvalue weighted by molar-refractivity contribution is 6.06. The molecule has 0 unspecified atom stereocenters. The topological polar surface area (TPSA) is 103 Å². The zero-order valence-electron chi connectivity index (χ0n) is 18.9. The Kier molecular flexibility index (Phi) is 5.68.